The van der Waals surface area contributed by atoms with Gasteiger partial charge in [0.15, 0.2) is 6.61 Å². The van der Waals surface area contributed by atoms with Gasteiger partial charge in [-0.2, -0.15) is 0 Å². The molecule has 2 heterocycles. The molecule has 29 heavy (non-hydrogen) atoms. The lowest BCUT2D eigenvalue weighted by molar-refractivity contribution is -0.134. The second-order valence-electron chi connectivity index (χ2n) is 7.73. The number of fused-ring (bicyclic) bond motifs is 1. The Morgan fingerprint density at radius 3 is 2.48 bits per heavy atom. The molecule has 2 aromatic carbocycles. The number of ether oxygens (including phenoxy) is 1. The van der Waals surface area contributed by atoms with E-state index in [1.54, 1.807) is 11.6 Å². The van der Waals surface area contributed by atoms with Crippen molar-refractivity contribution in [3.8, 4) is 5.75 Å². The quantitative estimate of drug-likeness (QED) is 0.671. The topological polar surface area (TPSA) is 51.5 Å². The molecule has 5 nitrogen and oxygen atoms in total. The zero-order chi connectivity index (χ0) is 20.2. The molecule has 1 amide bonds. The molecular formula is C24H26N2O3. The number of carbonyl (C=O) groups is 1. The van der Waals surface area contributed by atoms with Gasteiger partial charge in [0.05, 0.1) is 5.52 Å². The van der Waals surface area contributed by atoms with Gasteiger partial charge in [-0.3, -0.25) is 9.59 Å². The van der Waals surface area contributed by atoms with Crippen LogP contribution in [0.15, 0.2) is 65.5 Å². The molecule has 4 rings (SSSR count). The maximum absolute atomic E-state index is 12.6. The Morgan fingerprint density at radius 2 is 1.72 bits per heavy atom. The van der Waals surface area contributed by atoms with E-state index in [4.69, 9.17) is 4.74 Å². The number of rotatable bonds is 5. The number of aromatic nitrogens is 1. The standard InChI is InChI=1S/C24H26N2O3/c1-25-21-10-6-5-9-20(21)22(16-23(25)27)29-17-24(28)26-13-11-19(12-14-26)15-18-7-3-2-4-8-18/h2-10,16,19H,11-15,17H2,1H3. The van der Waals surface area contributed by atoms with E-state index < -0.39 is 0 Å². The number of carbonyl (C=O) groups excluding carboxylic acids is 1. The Labute approximate surface area is 170 Å². The van der Waals surface area contributed by atoms with Gasteiger partial charge in [0.1, 0.15) is 5.75 Å². The lowest BCUT2D eigenvalue weighted by Gasteiger charge is -2.32. The molecule has 5 heteroatoms. The molecule has 3 aromatic rings. The number of hydrogen-bond acceptors (Lipinski definition) is 3. The molecular weight excluding hydrogens is 364 g/mol. The molecule has 1 aromatic heterocycles. The van der Waals surface area contributed by atoms with Crippen molar-refractivity contribution in [1.29, 1.82) is 0 Å². The van der Waals surface area contributed by atoms with E-state index in [0.717, 1.165) is 43.3 Å². The maximum Gasteiger partial charge on any atom is 0.260 e. The first kappa shape index (κ1) is 19.2. The van der Waals surface area contributed by atoms with Crippen LogP contribution in [-0.2, 0) is 18.3 Å². The van der Waals surface area contributed by atoms with Crippen molar-refractivity contribution in [1.82, 2.24) is 9.47 Å². The predicted octanol–water partition coefficient (Wildman–Crippen LogP) is 3.40. The minimum Gasteiger partial charge on any atom is -0.483 e. The summed E-state index contributed by atoms with van der Waals surface area (Å²) in [4.78, 5) is 26.7. The normalized spacial score (nSPS) is 14.9. The molecule has 150 valence electrons. The summed E-state index contributed by atoms with van der Waals surface area (Å²) in [7, 11) is 1.74. The fourth-order valence-electron chi connectivity index (χ4n) is 4.06. The Morgan fingerprint density at radius 1 is 1.03 bits per heavy atom. The number of hydrogen-bond donors (Lipinski definition) is 0. The van der Waals surface area contributed by atoms with Gasteiger partial charge in [0.25, 0.3) is 11.5 Å². The van der Waals surface area contributed by atoms with Crippen molar-refractivity contribution in [2.75, 3.05) is 19.7 Å². The van der Waals surface area contributed by atoms with Crippen molar-refractivity contribution in [2.45, 2.75) is 19.3 Å². The molecule has 1 aliphatic heterocycles. The number of aryl methyl sites for hydroxylation is 1. The van der Waals surface area contributed by atoms with Crippen LogP contribution in [-0.4, -0.2) is 35.1 Å². The molecule has 0 radical (unpaired) electrons. The summed E-state index contributed by atoms with van der Waals surface area (Å²) in [5.74, 6) is 1.06. The summed E-state index contributed by atoms with van der Waals surface area (Å²) in [5, 5.41) is 0.837. The molecule has 0 unspecified atom stereocenters. The van der Waals surface area contributed by atoms with Gasteiger partial charge in [-0.1, -0.05) is 42.5 Å². The Kier molecular flexibility index (Phi) is 5.65. The van der Waals surface area contributed by atoms with Crippen LogP contribution in [0, 0.1) is 5.92 Å². The highest BCUT2D eigenvalue weighted by Crippen LogP contribution is 2.24. The van der Waals surface area contributed by atoms with E-state index in [0.29, 0.717) is 11.7 Å². The molecule has 0 aliphatic carbocycles. The van der Waals surface area contributed by atoms with Crippen LogP contribution in [0.3, 0.4) is 0 Å². The minimum atomic E-state index is -0.145. The summed E-state index contributed by atoms with van der Waals surface area (Å²) in [5.41, 5.74) is 2.01. The highest BCUT2D eigenvalue weighted by Gasteiger charge is 2.23. The highest BCUT2D eigenvalue weighted by molar-refractivity contribution is 5.86. The van der Waals surface area contributed by atoms with E-state index in [1.165, 1.54) is 11.6 Å². The lowest BCUT2D eigenvalue weighted by atomic mass is 9.90. The third-order valence-electron chi connectivity index (χ3n) is 5.80. The highest BCUT2D eigenvalue weighted by atomic mass is 16.5. The monoisotopic (exact) mass is 390 g/mol. The zero-order valence-corrected chi connectivity index (χ0v) is 16.7. The number of para-hydroxylation sites is 1. The SMILES string of the molecule is Cn1c(=O)cc(OCC(=O)N2CCC(Cc3ccccc3)CC2)c2ccccc21. The fraction of sp³-hybridized carbons (Fsp3) is 0.333. The number of piperidine rings is 1. The third-order valence-corrected chi connectivity index (χ3v) is 5.80. The average Bonchev–Trinajstić information content (AvgIpc) is 2.76. The van der Waals surface area contributed by atoms with Gasteiger partial charge in [0, 0.05) is 31.6 Å². The molecule has 0 spiro atoms. The second-order valence-corrected chi connectivity index (χ2v) is 7.73. The fourth-order valence-corrected chi connectivity index (χ4v) is 4.06. The van der Waals surface area contributed by atoms with Crippen LogP contribution in [0.4, 0.5) is 0 Å². The molecule has 0 N–H and O–H groups in total. The molecule has 0 bridgehead atoms. The molecule has 0 saturated carbocycles. The number of benzene rings is 2. The van der Waals surface area contributed by atoms with E-state index in [-0.39, 0.29) is 18.1 Å². The van der Waals surface area contributed by atoms with Crippen molar-refractivity contribution >= 4 is 16.8 Å². The number of nitrogens with zero attached hydrogens (tertiary/aromatic N) is 2. The predicted molar refractivity (Wildman–Crippen MR) is 114 cm³/mol. The minimum absolute atomic E-state index is 0.0204. The van der Waals surface area contributed by atoms with Crippen LogP contribution >= 0.6 is 0 Å². The number of likely N-dealkylation sites (tertiary alicyclic amines) is 1. The summed E-state index contributed by atoms with van der Waals surface area (Å²) in [6.45, 7) is 1.48. The van der Waals surface area contributed by atoms with Gasteiger partial charge in [-0.15, -0.1) is 0 Å². The van der Waals surface area contributed by atoms with Crippen LogP contribution in [0.5, 0.6) is 5.75 Å². The van der Waals surface area contributed by atoms with Crippen molar-refractivity contribution in [3.63, 3.8) is 0 Å². The lowest BCUT2D eigenvalue weighted by Crippen LogP contribution is -2.41. The Balaban J connectivity index is 1.35. The van der Waals surface area contributed by atoms with Gasteiger partial charge >= 0.3 is 0 Å². The van der Waals surface area contributed by atoms with Gasteiger partial charge in [-0.05, 0) is 42.9 Å². The van der Waals surface area contributed by atoms with Crippen LogP contribution in [0.2, 0.25) is 0 Å². The Hall–Kier alpha value is -3.08. The van der Waals surface area contributed by atoms with Crippen LogP contribution < -0.4 is 10.3 Å². The zero-order valence-electron chi connectivity index (χ0n) is 16.7. The maximum atomic E-state index is 12.6. The van der Waals surface area contributed by atoms with Crippen molar-refractivity contribution in [3.05, 3.63) is 76.6 Å². The van der Waals surface area contributed by atoms with Crippen molar-refractivity contribution < 1.29 is 9.53 Å². The summed E-state index contributed by atoms with van der Waals surface area (Å²) >= 11 is 0. The van der Waals surface area contributed by atoms with Gasteiger partial charge in [0.2, 0.25) is 0 Å². The second kappa shape index (κ2) is 8.52. The molecule has 0 atom stereocenters. The molecule has 1 aliphatic rings. The Bertz CT molecular complexity index is 1050. The largest absolute Gasteiger partial charge is 0.483 e. The first-order valence-electron chi connectivity index (χ1n) is 10.1. The first-order chi connectivity index (χ1) is 14.1. The number of pyridine rings is 1. The number of amides is 1. The third kappa shape index (κ3) is 4.34. The summed E-state index contributed by atoms with van der Waals surface area (Å²) in [6, 6.07) is 19.6. The summed E-state index contributed by atoms with van der Waals surface area (Å²) < 4.78 is 7.37. The van der Waals surface area contributed by atoms with Gasteiger partial charge in [-0.25, -0.2) is 0 Å². The van der Waals surface area contributed by atoms with E-state index in [1.807, 2.05) is 35.2 Å². The van der Waals surface area contributed by atoms with Crippen LogP contribution in [0.25, 0.3) is 10.9 Å². The first-order valence-corrected chi connectivity index (χ1v) is 10.1. The van der Waals surface area contributed by atoms with E-state index >= 15 is 0 Å². The van der Waals surface area contributed by atoms with E-state index in [2.05, 4.69) is 24.3 Å². The van der Waals surface area contributed by atoms with Crippen molar-refractivity contribution in [2.24, 2.45) is 13.0 Å². The smallest absolute Gasteiger partial charge is 0.260 e. The van der Waals surface area contributed by atoms with Crippen LogP contribution in [0.1, 0.15) is 18.4 Å². The average molecular weight is 390 g/mol. The molecule has 1 fully saturated rings. The van der Waals surface area contributed by atoms with Gasteiger partial charge < -0.3 is 14.2 Å². The van der Waals surface area contributed by atoms with E-state index in [9.17, 15) is 9.59 Å². The summed E-state index contributed by atoms with van der Waals surface area (Å²) in [6.07, 6.45) is 3.09. The molecule has 1 saturated heterocycles.